The van der Waals surface area contributed by atoms with Crippen molar-refractivity contribution in [2.24, 2.45) is 0 Å². The molecule has 3 rings (SSSR count). The normalized spacial score (nSPS) is 13.3. The number of phenolic OH excluding ortho intramolecular Hbond substituents is 1. The van der Waals surface area contributed by atoms with Crippen LogP contribution in [0.1, 0.15) is 15.9 Å². The summed E-state index contributed by atoms with van der Waals surface area (Å²) in [5.74, 6) is 1.09. The monoisotopic (exact) mass is 316 g/mol. The molecular formula is C17H13ClO4. The third kappa shape index (κ3) is 3.07. The molecule has 0 saturated heterocycles. The molecular weight excluding hydrogens is 304 g/mol. The molecule has 0 radical (unpaired) electrons. The largest absolute Gasteiger partial charge is 0.506 e. The van der Waals surface area contributed by atoms with Gasteiger partial charge in [-0.2, -0.15) is 0 Å². The molecule has 1 aliphatic rings. The molecule has 1 N–H and O–H groups in total. The minimum Gasteiger partial charge on any atom is -0.506 e. The Labute approximate surface area is 132 Å². The fourth-order valence-electron chi connectivity index (χ4n) is 2.09. The number of benzene rings is 2. The molecule has 112 valence electrons. The van der Waals surface area contributed by atoms with Crippen molar-refractivity contribution < 1.29 is 19.4 Å². The van der Waals surface area contributed by atoms with E-state index < -0.39 is 0 Å². The van der Waals surface area contributed by atoms with Crippen LogP contribution in [0.15, 0.2) is 42.5 Å². The quantitative estimate of drug-likeness (QED) is 0.692. The minimum atomic E-state index is -0.152. The number of carbonyl (C=O) groups is 1. The molecule has 0 atom stereocenters. The van der Waals surface area contributed by atoms with Gasteiger partial charge in [-0.05, 0) is 42.0 Å². The number of carbonyl (C=O) groups excluding carboxylic acids is 1. The van der Waals surface area contributed by atoms with Crippen LogP contribution in [0.25, 0.3) is 6.08 Å². The average Bonchev–Trinajstić information content (AvgIpc) is 2.55. The van der Waals surface area contributed by atoms with E-state index in [-0.39, 0.29) is 16.6 Å². The molecule has 1 heterocycles. The van der Waals surface area contributed by atoms with Crippen molar-refractivity contribution in [3.63, 3.8) is 0 Å². The van der Waals surface area contributed by atoms with Crippen LogP contribution in [0.2, 0.25) is 5.02 Å². The highest BCUT2D eigenvalue weighted by Crippen LogP contribution is 2.31. The number of ketones is 1. The predicted octanol–water partition coefficient (Wildman–Crippen LogP) is 3.71. The Bertz CT molecular complexity index is 752. The van der Waals surface area contributed by atoms with E-state index >= 15 is 0 Å². The lowest BCUT2D eigenvalue weighted by atomic mass is 10.1. The van der Waals surface area contributed by atoms with Crippen molar-refractivity contribution >= 4 is 23.5 Å². The van der Waals surface area contributed by atoms with E-state index in [1.807, 2.05) is 0 Å². The van der Waals surface area contributed by atoms with Gasteiger partial charge in [-0.15, -0.1) is 0 Å². The average molecular weight is 317 g/mol. The summed E-state index contributed by atoms with van der Waals surface area (Å²) in [7, 11) is 0. The van der Waals surface area contributed by atoms with Crippen LogP contribution in [0, 0.1) is 0 Å². The Morgan fingerprint density at radius 2 is 1.86 bits per heavy atom. The summed E-state index contributed by atoms with van der Waals surface area (Å²) >= 11 is 5.83. The zero-order valence-electron chi connectivity index (χ0n) is 11.6. The number of ether oxygens (including phenoxy) is 2. The van der Waals surface area contributed by atoms with Gasteiger partial charge in [-0.1, -0.05) is 23.7 Å². The Balaban J connectivity index is 1.79. The van der Waals surface area contributed by atoms with Gasteiger partial charge >= 0.3 is 0 Å². The Morgan fingerprint density at radius 3 is 2.64 bits per heavy atom. The third-order valence-corrected chi connectivity index (χ3v) is 3.53. The molecule has 4 nitrogen and oxygen atoms in total. The summed E-state index contributed by atoms with van der Waals surface area (Å²) in [6, 6.07) is 9.85. The number of halogens is 1. The molecule has 2 aromatic rings. The fraction of sp³-hybridized carbons (Fsp3) is 0.118. The summed E-state index contributed by atoms with van der Waals surface area (Å²) in [6.07, 6.45) is 3.10. The van der Waals surface area contributed by atoms with Crippen molar-refractivity contribution in [1.82, 2.24) is 0 Å². The zero-order chi connectivity index (χ0) is 15.5. The third-order valence-electron chi connectivity index (χ3n) is 3.23. The first-order chi connectivity index (χ1) is 10.6. The van der Waals surface area contributed by atoms with Crippen LogP contribution in [0.3, 0.4) is 0 Å². The molecule has 0 spiro atoms. The summed E-state index contributed by atoms with van der Waals surface area (Å²) in [5.41, 5.74) is 1.25. The van der Waals surface area contributed by atoms with Gasteiger partial charge in [-0.3, -0.25) is 4.79 Å². The van der Waals surface area contributed by atoms with Gasteiger partial charge in [0.05, 0.1) is 5.02 Å². The fourth-order valence-corrected chi connectivity index (χ4v) is 2.28. The Kier molecular flexibility index (Phi) is 4.02. The molecule has 5 heteroatoms. The summed E-state index contributed by atoms with van der Waals surface area (Å²) in [6.45, 7) is 0.994. The maximum absolute atomic E-state index is 12.2. The van der Waals surface area contributed by atoms with E-state index in [1.54, 1.807) is 36.4 Å². The maximum atomic E-state index is 12.2. The molecule has 0 fully saturated rings. The van der Waals surface area contributed by atoms with Crippen molar-refractivity contribution in [3.8, 4) is 17.2 Å². The molecule has 0 saturated carbocycles. The van der Waals surface area contributed by atoms with Crippen molar-refractivity contribution in [2.75, 3.05) is 13.2 Å². The molecule has 0 unspecified atom stereocenters. The number of aromatic hydroxyl groups is 1. The summed E-state index contributed by atoms with van der Waals surface area (Å²) in [5, 5.41) is 9.61. The van der Waals surface area contributed by atoms with E-state index in [4.69, 9.17) is 21.1 Å². The molecule has 0 aromatic heterocycles. The highest BCUT2D eigenvalue weighted by Gasteiger charge is 2.13. The van der Waals surface area contributed by atoms with Gasteiger partial charge in [0.25, 0.3) is 0 Å². The van der Waals surface area contributed by atoms with Gasteiger partial charge in [-0.25, -0.2) is 0 Å². The highest BCUT2D eigenvalue weighted by molar-refractivity contribution is 6.32. The Hall–Kier alpha value is -2.46. The van der Waals surface area contributed by atoms with Crippen molar-refractivity contribution in [3.05, 3.63) is 58.6 Å². The lowest BCUT2D eigenvalue weighted by Gasteiger charge is -2.18. The number of hydrogen-bond acceptors (Lipinski definition) is 4. The lowest BCUT2D eigenvalue weighted by Crippen LogP contribution is -2.15. The standard InChI is InChI=1S/C17H13ClO4/c18-13-9-11(2-5-15(13)20)1-4-14(19)12-3-6-16-17(10-12)22-8-7-21-16/h1-6,9-10,20H,7-8H2/b4-1+. The smallest absolute Gasteiger partial charge is 0.185 e. The number of fused-ring (bicyclic) bond motifs is 1. The molecule has 0 bridgehead atoms. The Morgan fingerprint density at radius 1 is 1.09 bits per heavy atom. The van der Waals surface area contributed by atoms with Crippen LogP contribution >= 0.6 is 11.6 Å². The van der Waals surface area contributed by atoms with E-state index in [0.717, 1.165) is 5.56 Å². The number of hydrogen-bond donors (Lipinski definition) is 1. The van der Waals surface area contributed by atoms with E-state index in [9.17, 15) is 9.90 Å². The van der Waals surface area contributed by atoms with E-state index in [0.29, 0.717) is 30.3 Å². The van der Waals surface area contributed by atoms with Crippen molar-refractivity contribution in [1.29, 1.82) is 0 Å². The number of allylic oxidation sites excluding steroid dienone is 1. The maximum Gasteiger partial charge on any atom is 0.185 e. The molecule has 1 aliphatic heterocycles. The van der Waals surface area contributed by atoms with Gasteiger partial charge in [0.15, 0.2) is 17.3 Å². The first-order valence-electron chi connectivity index (χ1n) is 6.74. The van der Waals surface area contributed by atoms with Crippen LogP contribution in [0.5, 0.6) is 17.2 Å². The van der Waals surface area contributed by atoms with Crippen molar-refractivity contribution in [2.45, 2.75) is 0 Å². The summed E-state index contributed by atoms with van der Waals surface area (Å²) in [4.78, 5) is 12.2. The molecule has 0 amide bonds. The second-order valence-corrected chi connectivity index (χ2v) is 5.17. The second-order valence-electron chi connectivity index (χ2n) is 4.77. The molecule has 22 heavy (non-hydrogen) atoms. The molecule has 0 aliphatic carbocycles. The van der Waals surface area contributed by atoms with Gasteiger partial charge < -0.3 is 14.6 Å². The van der Waals surface area contributed by atoms with Gasteiger partial charge in [0, 0.05) is 5.56 Å². The molecule has 2 aromatic carbocycles. The minimum absolute atomic E-state index is 0.0111. The lowest BCUT2D eigenvalue weighted by molar-refractivity contribution is 0.104. The summed E-state index contributed by atoms with van der Waals surface area (Å²) < 4.78 is 10.9. The number of rotatable bonds is 3. The van der Waals surface area contributed by atoms with Crippen LogP contribution < -0.4 is 9.47 Å². The zero-order valence-corrected chi connectivity index (χ0v) is 12.3. The van der Waals surface area contributed by atoms with Gasteiger partial charge in [0.2, 0.25) is 0 Å². The van der Waals surface area contributed by atoms with E-state index in [1.165, 1.54) is 12.1 Å². The second kappa shape index (κ2) is 6.12. The predicted molar refractivity (Wildman–Crippen MR) is 83.9 cm³/mol. The highest BCUT2D eigenvalue weighted by atomic mass is 35.5. The van der Waals surface area contributed by atoms with E-state index in [2.05, 4.69) is 0 Å². The van der Waals surface area contributed by atoms with Gasteiger partial charge in [0.1, 0.15) is 19.0 Å². The van der Waals surface area contributed by atoms with Crippen LogP contribution in [-0.2, 0) is 0 Å². The van der Waals surface area contributed by atoms with Crippen LogP contribution in [-0.4, -0.2) is 24.1 Å². The van der Waals surface area contributed by atoms with Crippen LogP contribution in [0.4, 0.5) is 0 Å². The topological polar surface area (TPSA) is 55.8 Å². The first kappa shape index (κ1) is 14.5. The SMILES string of the molecule is O=C(/C=C/c1ccc(O)c(Cl)c1)c1ccc2c(c1)OCCO2. The number of phenols is 1. The first-order valence-corrected chi connectivity index (χ1v) is 7.12.